The van der Waals surface area contributed by atoms with Crippen LogP contribution in [0.2, 0.25) is 0 Å². The Morgan fingerprint density at radius 3 is 2.33 bits per heavy atom. The average molecular weight is 245 g/mol. The van der Waals surface area contributed by atoms with Gasteiger partial charge in [-0.05, 0) is 17.2 Å². The fourth-order valence-electron chi connectivity index (χ4n) is 1.69. The molecule has 0 spiro atoms. The zero-order valence-electron chi connectivity index (χ0n) is 9.71. The fraction of sp³-hybridized carbons (Fsp3) is 0.0769. The van der Waals surface area contributed by atoms with Crippen molar-refractivity contribution in [1.82, 2.24) is 10.3 Å². The summed E-state index contributed by atoms with van der Waals surface area (Å²) < 4.78 is 0. The number of urea groups is 1. The molecule has 1 aromatic heterocycles. The van der Waals surface area contributed by atoms with Crippen molar-refractivity contribution in [2.24, 2.45) is 5.73 Å². The Balaban J connectivity index is 0.00000162. The van der Waals surface area contributed by atoms with E-state index in [4.69, 9.17) is 5.73 Å². The maximum absolute atomic E-state index is 11.0. The van der Waals surface area contributed by atoms with Crippen molar-refractivity contribution in [3.63, 3.8) is 0 Å². The van der Waals surface area contributed by atoms with E-state index in [1.54, 1.807) is 12.4 Å². The Hall–Kier alpha value is -2.40. The van der Waals surface area contributed by atoms with Gasteiger partial charge >= 0.3 is 6.03 Å². The minimum atomic E-state index is -0.553. The number of nitrogens with two attached hydrogens (primary N) is 1. The second-order valence-corrected chi connectivity index (χ2v) is 3.64. The fourth-order valence-corrected chi connectivity index (χ4v) is 1.69. The third kappa shape index (κ3) is 3.29. The monoisotopic (exact) mass is 245 g/mol. The smallest absolute Gasteiger partial charge is 0.312 e. The molecule has 0 saturated heterocycles. The highest BCUT2D eigenvalue weighted by Gasteiger charge is 2.14. The van der Waals surface area contributed by atoms with Crippen LogP contribution in [0.1, 0.15) is 17.2 Å². The van der Waals surface area contributed by atoms with E-state index in [1.807, 2.05) is 42.5 Å². The number of aromatic nitrogens is 1. The van der Waals surface area contributed by atoms with Gasteiger partial charge < -0.3 is 16.5 Å². The van der Waals surface area contributed by atoms with Crippen LogP contribution >= 0.6 is 0 Å². The van der Waals surface area contributed by atoms with Gasteiger partial charge in [-0.1, -0.05) is 36.4 Å². The van der Waals surface area contributed by atoms with Crippen LogP contribution in [0.5, 0.6) is 0 Å². The first-order chi connectivity index (χ1) is 8.27. The molecule has 0 aliphatic rings. The van der Waals surface area contributed by atoms with Crippen LogP contribution in [-0.4, -0.2) is 16.5 Å². The first kappa shape index (κ1) is 13.7. The van der Waals surface area contributed by atoms with Crippen molar-refractivity contribution in [3.05, 3.63) is 66.0 Å². The van der Waals surface area contributed by atoms with Crippen molar-refractivity contribution in [2.45, 2.75) is 6.04 Å². The first-order valence-corrected chi connectivity index (χ1v) is 5.28. The molecule has 2 rings (SSSR count). The molecule has 1 aromatic carbocycles. The van der Waals surface area contributed by atoms with E-state index in [1.165, 1.54) is 0 Å². The standard InChI is InChI=1S/C13H13N3O.H2O/c14-13(17)16-12(10-5-2-1-3-6-10)11-7-4-8-15-9-11;/h1-9,12H,(H3,14,16,17);1H2. The molecule has 5 heteroatoms. The van der Waals surface area contributed by atoms with Crippen LogP contribution in [0.15, 0.2) is 54.9 Å². The van der Waals surface area contributed by atoms with Crippen LogP contribution in [0.4, 0.5) is 4.79 Å². The zero-order valence-corrected chi connectivity index (χ0v) is 9.71. The van der Waals surface area contributed by atoms with Crippen molar-refractivity contribution >= 4 is 6.03 Å². The summed E-state index contributed by atoms with van der Waals surface area (Å²) in [5, 5.41) is 2.71. The SMILES string of the molecule is NC(=O)NC(c1ccccc1)c1cccnc1.O. The van der Waals surface area contributed by atoms with Crippen LogP contribution < -0.4 is 11.1 Å². The van der Waals surface area contributed by atoms with E-state index in [0.29, 0.717) is 0 Å². The molecule has 0 bridgehead atoms. The van der Waals surface area contributed by atoms with Crippen LogP contribution in [0.25, 0.3) is 0 Å². The molecule has 0 fully saturated rings. The Morgan fingerprint density at radius 2 is 1.78 bits per heavy atom. The molecule has 5 nitrogen and oxygen atoms in total. The Bertz CT molecular complexity index is 449. The molecule has 94 valence electrons. The summed E-state index contributed by atoms with van der Waals surface area (Å²) in [5.74, 6) is 0. The maximum atomic E-state index is 11.0. The number of amides is 2. The van der Waals surface area contributed by atoms with Gasteiger partial charge in [0.15, 0.2) is 0 Å². The van der Waals surface area contributed by atoms with Gasteiger partial charge in [-0.15, -0.1) is 0 Å². The summed E-state index contributed by atoms with van der Waals surface area (Å²) >= 11 is 0. The number of carbonyl (C=O) groups excluding carboxylic acids is 1. The van der Waals surface area contributed by atoms with Crippen LogP contribution in [-0.2, 0) is 0 Å². The third-order valence-electron chi connectivity index (χ3n) is 2.44. The number of hydrogen-bond donors (Lipinski definition) is 2. The summed E-state index contributed by atoms with van der Waals surface area (Å²) in [4.78, 5) is 15.1. The zero-order chi connectivity index (χ0) is 12.1. The van der Waals surface area contributed by atoms with Crippen molar-refractivity contribution in [1.29, 1.82) is 0 Å². The second-order valence-electron chi connectivity index (χ2n) is 3.64. The highest BCUT2D eigenvalue weighted by Crippen LogP contribution is 2.20. The summed E-state index contributed by atoms with van der Waals surface area (Å²) in [7, 11) is 0. The quantitative estimate of drug-likeness (QED) is 0.843. The Kier molecular flexibility index (Phi) is 4.83. The van der Waals surface area contributed by atoms with E-state index < -0.39 is 6.03 Å². The Labute approximate surface area is 105 Å². The van der Waals surface area contributed by atoms with Crippen molar-refractivity contribution < 1.29 is 10.3 Å². The number of nitrogens with zero attached hydrogens (tertiary/aromatic N) is 1. The first-order valence-electron chi connectivity index (χ1n) is 5.28. The van der Waals surface area contributed by atoms with Gasteiger partial charge in [0.25, 0.3) is 0 Å². The summed E-state index contributed by atoms with van der Waals surface area (Å²) in [5.41, 5.74) is 7.07. The molecular formula is C13H15N3O2. The molecule has 1 atom stereocenters. The predicted molar refractivity (Wildman–Crippen MR) is 68.9 cm³/mol. The predicted octanol–water partition coefficient (Wildman–Crippen LogP) is 1.01. The van der Waals surface area contributed by atoms with Gasteiger partial charge in [-0.25, -0.2) is 4.79 Å². The van der Waals surface area contributed by atoms with Gasteiger partial charge in [0.05, 0.1) is 6.04 Å². The summed E-state index contributed by atoms with van der Waals surface area (Å²) in [6, 6.07) is 12.6. The molecule has 1 unspecified atom stereocenters. The van der Waals surface area contributed by atoms with Gasteiger partial charge in [0, 0.05) is 12.4 Å². The molecular weight excluding hydrogens is 230 g/mol. The lowest BCUT2D eigenvalue weighted by Crippen LogP contribution is -2.33. The number of primary amides is 1. The van der Waals surface area contributed by atoms with E-state index in [0.717, 1.165) is 11.1 Å². The summed E-state index contributed by atoms with van der Waals surface area (Å²) in [6.07, 6.45) is 3.41. The lowest BCUT2D eigenvalue weighted by Gasteiger charge is -2.17. The molecule has 18 heavy (non-hydrogen) atoms. The van der Waals surface area contributed by atoms with Gasteiger partial charge in [-0.2, -0.15) is 0 Å². The van der Waals surface area contributed by atoms with Gasteiger partial charge in [0.1, 0.15) is 0 Å². The molecule has 1 heterocycles. The molecule has 5 N–H and O–H groups in total. The lowest BCUT2D eigenvalue weighted by atomic mass is 10.0. The number of hydrogen-bond acceptors (Lipinski definition) is 2. The number of nitrogens with one attached hydrogen (secondary N) is 1. The molecule has 2 aromatic rings. The second kappa shape index (κ2) is 6.36. The minimum absolute atomic E-state index is 0. The molecule has 0 aliphatic carbocycles. The van der Waals surface area contributed by atoms with E-state index in [2.05, 4.69) is 10.3 Å². The average Bonchev–Trinajstić information content (AvgIpc) is 2.38. The number of carbonyl (C=O) groups is 1. The van der Waals surface area contributed by atoms with Crippen molar-refractivity contribution in [2.75, 3.05) is 0 Å². The van der Waals surface area contributed by atoms with E-state index in [9.17, 15) is 4.79 Å². The lowest BCUT2D eigenvalue weighted by molar-refractivity contribution is 0.247. The van der Waals surface area contributed by atoms with Crippen LogP contribution in [0, 0.1) is 0 Å². The molecule has 2 amide bonds. The molecule has 0 radical (unpaired) electrons. The van der Waals surface area contributed by atoms with Crippen molar-refractivity contribution in [3.8, 4) is 0 Å². The van der Waals surface area contributed by atoms with E-state index >= 15 is 0 Å². The number of pyridine rings is 1. The number of rotatable bonds is 3. The molecule has 0 aliphatic heterocycles. The molecule has 0 saturated carbocycles. The topological polar surface area (TPSA) is 99.5 Å². The van der Waals surface area contributed by atoms with Crippen LogP contribution in [0.3, 0.4) is 0 Å². The minimum Gasteiger partial charge on any atom is -0.412 e. The van der Waals surface area contributed by atoms with Gasteiger partial charge in [0.2, 0.25) is 0 Å². The normalized spacial score (nSPS) is 11.1. The Morgan fingerprint density at radius 1 is 1.11 bits per heavy atom. The van der Waals surface area contributed by atoms with Gasteiger partial charge in [-0.3, -0.25) is 4.98 Å². The highest BCUT2D eigenvalue weighted by atomic mass is 16.2. The maximum Gasteiger partial charge on any atom is 0.312 e. The largest absolute Gasteiger partial charge is 0.412 e. The third-order valence-corrected chi connectivity index (χ3v) is 2.44. The highest BCUT2D eigenvalue weighted by molar-refractivity contribution is 5.72. The van der Waals surface area contributed by atoms with E-state index in [-0.39, 0.29) is 11.5 Å². The summed E-state index contributed by atoms with van der Waals surface area (Å²) in [6.45, 7) is 0. The number of benzene rings is 1.